The number of rotatable bonds is 13. The molecule has 2 aromatic rings. The summed E-state index contributed by atoms with van der Waals surface area (Å²) in [5, 5.41) is 15.8. The van der Waals surface area contributed by atoms with Crippen LogP contribution in [-0.2, 0) is 27.2 Å². The molecule has 0 aliphatic carbocycles. The van der Waals surface area contributed by atoms with Gasteiger partial charge in [-0.3, -0.25) is 9.78 Å². The van der Waals surface area contributed by atoms with Gasteiger partial charge in [-0.1, -0.05) is 36.4 Å². The summed E-state index contributed by atoms with van der Waals surface area (Å²) in [5.74, 6) is -0.765. The lowest BCUT2D eigenvalue weighted by Crippen LogP contribution is -2.50. The molecule has 1 fully saturated rings. The number of amides is 1. The number of carboxylic acids is 1. The summed E-state index contributed by atoms with van der Waals surface area (Å²) >= 11 is 1.55. The minimum absolute atomic E-state index is 0.128. The Balaban J connectivity index is 1.79. The second-order valence-corrected chi connectivity index (χ2v) is 9.29. The molecule has 3 N–H and O–H groups in total. The molecule has 4 atom stereocenters. The lowest BCUT2D eigenvalue weighted by atomic mass is 10.0. The third-order valence-corrected chi connectivity index (χ3v) is 6.47. The summed E-state index contributed by atoms with van der Waals surface area (Å²) in [5.41, 5.74) is 2.01. The Morgan fingerprint density at radius 2 is 2.00 bits per heavy atom. The van der Waals surface area contributed by atoms with Crippen LogP contribution in [0.15, 0.2) is 54.9 Å². The molecule has 2 unspecified atom stereocenters. The number of carbonyl (C=O) groups excluding carboxylic acids is 1. The normalized spacial score (nSPS) is 18.4. The molecule has 1 aromatic heterocycles. The van der Waals surface area contributed by atoms with Gasteiger partial charge in [-0.15, -0.1) is 0 Å². The number of pyridine rings is 1. The van der Waals surface area contributed by atoms with Crippen LogP contribution in [0.5, 0.6) is 0 Å². The number of nitrogens with one attached hydrogen (secondary N) is 2. The average Bonchev–Trinajstić information content (AvgIpc) is 3.37. The number of hydrogen-bond acceptors (Lipinski definition) is 6. The maximum Gasteiger partial charge on any atom is 0.326 e. The smallest absolute Gasteiger partial charge is 0.326 e. The number of benzene rings is 1. The van der Waals surface area contributed by atoms with Crippen LogP contribution in [0.1, 0.15) is 30.4 Å². The van der Waals surface area contributed by atoms with Crippen molar-refractivity contribution in [3.05, 3.63) is 66.0 Å². The van der Waals surface area contributed by atoms with E-state index in [0.717, 1.165) is 30.5 Å². The molecule has 1 amide bonds. The Labute approximate surface area is 199 Å². The van der Waals surface area contributed by atoms with Crippen molar-refractivity contribution in [1.82, 2.24) is 15.6 Å². The van der Waals surface area contributed by atoms with Crippen molar-refractivity contribution in [2.24, 2.45) is 0 Å². The van der Waals surface area contributed by atoms with Crippen molar-refractivity contribution in [2.45, 2.75) is 56.4 Å². The quantitative estimate of drug-likeness (QED) is 0.413. The van der Waals surface area contributed by atoms with Crippen molar-refractivity contribution < 1.29 is 19.4 Å². The fraction of sp³-hybridized carbons (Fsp3) is 0.480. The van der Waals surface area contributed by atoms with Gasteiger partial charge in [-0.2, -0.15) is 11.8 Å². The number of thioether (sulfide) groups is 1. The van der Waals surface area contributed by atoms with E-state index >= 15 is 0 Å². The first-order valence-corrected chi connectivity index (χ1v) is 12.8. The molecule has 1 aliphatic rings. The van der Waals surface area contributed by atoms with Crippen LogP contribution in [0.3, 0.4) is 0 Å². The zero-order chi connectivity index (χ0) is 23.5. The Morgan fingerprint density at radius 3 is 2.64 bits per heavy atom. The number of carbonyl (C=O) groups is 2. The summed E-state index contributed by atoms with van der Waals surface area (Å²) in [6.07, 6.45) is 7.83. The molecule has 1 aromatic carbocycles. The number of ether oxygens (including phenoxy) is 1. The predicted octanol–water partition coefficient (Wildman–Crippen LogP) is 2.70. The minimum Gasteiger partial charge on any atom is -0.480 e. The van der Waals surface area contributed by atoms with Crippen LogP contribution < -0.4 is 10.6 Å². The lowest BCUT2D eigenvalue weighted by molar-refractivity contribution is -0.146. The number of aromatic nitrogens is 1. The first kappa shape index (κ1) is 25.2. The molecule has 178 valence electrons. The van der Waals surface area contributed by atoms with Crippen LogP contribution in [-0.4, -0.2) is 64.8 Å². The van der Waals surface area contributed by atoms with E-state index in [9.17, 15) is 14.7 Å². The van der Waals surface area contributed by atoms with E-state index in [1.165, 1.54) is 0 Å². The predicted molar refractivity (Wildman–Crippen MR) is 130 cm³/mol. The maximum absolute atomic E-state index is 13.3. The topological polar surface area (TPSA) is 101 Å². The molecule has 8 heteroatoms. The number of carboxylic acid groups (broad SMARTS) is 1. The van der Waals surface area contributed by atoms with E-state index in [2.05, 4.69) is 15.6 Å². The van der Waals surface area contributed by atoms with Crippen molar-refractivity contribution in [2.75, 3.05) is 18.6 Å². The molecule has 0 bridgehead atoms. The van der Waals surface area contributed by atoms with Crippen molar-refractivity contribution in [3.63, 3.8) is 0 Å². The summed E-state index contributed by atoms with van der Waals surface area (Å²) in [4.78, 5) is 29.2. The SMILES string of the molecule is CSCC[C@H](NC(=O)C(Cc1ccccc1)OC(Cc1cccnc1)[C@@H]1CCCN1)C(=O)O. The van der Waals surface area contributed by atoms with Gasteiger partial charge in [0.2, 0.25) is 5.91 Å². The number of nitrogens with zero attached hydrogens (tertiary/aromatic N) is 1. The Morgan fingerprint density at radius 1 is 1.21 bits per heavy atom. The molecule has 0 radical (unpaired) electrons. The van der Waals surface area contributed by atoms with Gasteiger partial charge in [0, 0.05) is 31.3 Å². The van der Waals surface area contributed by atoms with Gasteiger partial charge in [0.25, 0.3) is 0 Å². The molecular weight excluding hydrogens is 438 g/mol. The second kappa shape index (κ2) is 13.3. The highest BCUT2D eigenvalue weighted by Crippen LogP contribution is 2.20. The van der Waals surface area contributed by atoms with Gasteiger partial charge in [-0.05, 0) is 55.0 Å². The molecular formula is C25H33N3O4S. The highest BCUT2D eigenvalue weighted by Gasteiger charge is 2.32. The zero-order valence-corrected chi connectivity index (χ0v) is 19.8. The van der Waals surface area contributed by atoms with Gasteiger partial charge >= 0.3 is 5.97 Å². The van der Waals surface area contributed by atoms with Crippen LogP contribution in [0, 0.1) is 0 Å². The third kappa shape index (κ3) is 8.14. The van der Waals surface area contributed by atoms with Gasteiger partial charge in [0.15, 0.2) is 0 Å². The second-order valence-electron chi connectivity index (χ2n) is 8.30. The monoisotopic (exact) mass is 471 g/mol. The lowest BCUT2D eigenvalue weighted by Gasteiger charge is -2.29. The molecule has 0 saturated carbocycles. The fourth-order valence-electron chi connectivity index (χ4n) is 4.06. The molecule has 1 saturated heterocycles. The third-order valence-electron chi connectivity index (χ3n) is 5.83. The highest BCUT2D eigenvalue weighted by atomic mass is 32.2. The van der Waals surface area contributed by atoms with Crippen LogP contribution in [0.2, 0.25) is 0 Å². The largest absolute Gasteiger partial charge is 0.480 e. The molecule has 3 rings (SSSR count). The number of hydrogen-bond donors (Lipinski definition) is 3. The summed E-state index contributed by atoms with van der Waals surface area (Å²) in [7, 11) is 0. The van der Waals surface area contributed by atoms with Crippen LogP contribution in [0.25, 0.3) is 0 Å². The Hall–Kier alpha value is -2.42. The molecule has 33 heavy (non-hydrogen) atoms. The van der Waals surface area contributed by atoms with Crippen molar-refractivity contribution in [3.8, 4) is 0 Å². The number of aliphatic carboxylic acids is 1. The standard InChI is InChI=1S/C25H33N3O4S/c1-33-14-11-21(25(30)31)28-24(29)23(15-18-7-3-2-4-8-18)32-22(20-10-6-13-27-20)16-19-9-5-12-26-17-19/h2-5,7-9,12,17,20-23,27H,6,10-11,13-16H2,1H3,(H,28,29)(H,30,31)/t20-,21-,22?,23?/m0/s1. The fourth-order valence-corrected chi connectivity index (χ4v) is 4.54. The van der Waals surface area contributed by atoms with Gasteiger partial charge in [-0.25, -0.2) is 4.79 Å². The van der Waals surface area contributed by atoms with Crippen molar-refractivity contribution in [1.29, 1.82) is 0 Å². The van der Waals surface area contributed by atoms with E-state index in [4.69, 9.17) is 4.74 Å². The molecule has 7 nitrogen and oxygen atoms in total. The summed E-state index contributed by atoms with van der Waals surface area (Å²) in [6, 6.07) is 12.8. The summed E-state index contributed by atoms with van der Waals surface area (Å²) < 4.78 is 6.49. The summed E-state index contributed by atoms with van der Waals surface area (Å²) in [6.45, 7) is 0.920. The zero-order valence-electron chi connectivity index (χ0n) is 19.0. The molecule has 0 spiro atoms. The highest BCUT2D eigenvalue weighted by molar-refractivity contribution is 7.98. The average molecular weight is 472 g/mol. The molecule has 1 aliphatic heterocycles. The minimum atomic E-state index is -1.03. The van der Waals surface area contributed by atoms with Gasteiger partial charge < -0.3 is 20.5 Å². The van der Waals surface area contributed by atoms with E-state index in [0.29, 0.717) is 25.0 Å². The van der Waals surface area contributed by atoms with Crippen LogP contribution >= 0.6 is 11.8 Å². The maximum atomic E-state index is 13.3. The van der Waals surface area contributed by atoms with E-state index in [-0.39, 0.29) is 18.1 Å². The Kier molecular flexibility index (Phi) is 10.2. The van der Waals surface area contributed by atoms with E-state index in [1.54, 1.807) is 18.0 Å². The van der Waals surface area contributed by atoms with Crippen molar-refractivity contribution >= 4 is 23.6 Å². The van der Waals surface area contributed by atoms with E-state index < -0.39 is 18.1 Å². The first-order valence-electron chi connectivity index (χ1n) is 11.4. The first-order chi connectivity index (χ1) is 16.1. The van der Waals surface area contributed by atoms with Gasteiger partial charge in [0.05, 0.1) is 6.10 Å². The van der Waals surface area contributed by atoms with E-state index in [1.807, 2.05) is 54.9 Å². The Bertz CT molecular complexity index is 862. The molecule has 2 heterocycles. The van der Waals surface area contributed by atoms with Gasteiger partial charge in [0.1, 0.15) is 12.1 Å². The van der Waals surface area contributed by atoms with Crippen LogP contribution in [0.4, 0.5) is 0 Å².